The summed E-state index contributed by atoms with van der Waals surface area (Å²) in [5, 5.41) is 2.86. The summed E-state index contributed by atoms with van der Waals surface area (Å²) in [5.41, 5.74) is 2.18. The van der Waals surface area contributed by atoms with Gasteiger partial charge >= 0.3 is 0 Å². The third kappa shape index (κ3) is 4.36. The molecule has 1 aromatic heterocycles. The second kappa shape index (κ2) is 8.80. The van der Waals surface area contributed by atoms with Crippen molar-refractivity contribution in [1.82, 2.24) is 19.2 Å². The molecule has 0 saturated heterocycles. The molecule has 1 amide bonds. The van der Waals surface area contributed by atoms with Gasteiger partial charge < -0.3 is 9.88 Å². The number of nitrogens with one attached hydrogen (secondary N) is 1. The standard InChI is InChI=1S/C23H28N4O3S/c1-26-21-14-7-6-13-20(21)25-22(26)16-24-23(28)17-9-8-12-19(15-17)31(29,30)27(2)18-10-4-3-5-11-18/h6-9,12-15,18H,3-5,10-11,16H2,1-2H3,(H,24,28). The highest BCUT2D eigenvalue weighted by Gasteiger charge is 2.29. The van der Waals surface area contributed by atoms with Crippen LogP contribution in [0.1, 0.15) is 48.3 Å². The molecule has 1 fully saturated rings. The number of aryl methyl sites for hydroxylation is 1. The molecular formula is C23H28N4O3S. The molecule has 1 N–H and O–H groups in total. The average Bonchev–Trinajstić information content (AvgIpc) is 3.13. The van der Waals surface area contributed by atoms with E-state index >= 15 is 0 Å². The fraction of sp³-hybridized carbons (Fsp3) is 0.391. The van der Waals surface area contributed by atoms with Crippen LogP contribution in [0.2, 0.25) is 0 Å². The molecule has 1 heterocycles. The molecular weight excluding hydrogens is 412 g/mol. The van der Waals surface area contributed by atoms with Crippen LogP contribution in [-0.2, 0) is 23.6 Å². The van der Waals surface area contributed by atoms with E-state index in [2.05, 4.69) is 10.3 Å². The first kappa shape index (κ1) is 21.5. The predicted octanol–water partition coefficient (Wildman–Crippen LogP) is 3.46. The van der Waals surface area contributed by atoms with Crippen LogP contribution in [0.5, 0.6) is 0 Å². The van der Waals surface area contributed by atoms with Crippen molar-refractivity contribution >= 4 is 27.0 Å². The maximum atomic E-state index is 13.1. The normalized spacial score (nSPS) is 15.5. The number of sulfonamides is 1. The molecule has 0 atom stereocenters. The van der Waals surface area contributed by atoms with Crippen LogP contribution in [0.3, 0.4) is 0 Å². The van der Waals surface area contributed by atoms with E-state index in [1.807, 2.05) is 35.9 Å². The van der Waals surface area contributed by atoms with Crippen molar-refractivity contribution in [3.05, 3.63) is 59.9 Å². The number of carbonyl (C=O) groups is 1. The molecule has 31 heavy (non-hydrogen) atoms. The Morgan fingerprint density at radius 2 is 1.87 bits per heavy atom. The second-order valence-corrected chi connectivity index (χ2v) is 10.1. The van der Waals surface area contributed by atoms with E-state index in [-0.39, 0.29) is 23.4 Å². The Kier molecular flexibility index (Phi) is 6.11. The van der Waals surface area contributed by atoms with Gasteiger partial charge in [0.05, 0.1) is 22.5 Å². The SMILES string of the molecule is CN(C1CCCCC1)S(=O)(=O)c1cccc(C(=O)NCc2nc3ccccc3n2C)c1. The Labute approximate surface area is 183 Å². The summed E-state index contributed by atoms with van der Waals surface area (Å²) >= 11 is 0. The van der Waals surface area contributed by atoms with Gasteiger partial charge in [0, 0.05) is 25.7 Å². The number of fused-ring (bicyclic) bond motifs is 1. The Hall–Kier alpha value is -2.71. The van der Waals surface area contributed by atoms with E-state index in [4.69, 9.17) is 0 Å². The molecule has 7 nitrogen and oxygen atoms in total. The average molecular weight is 441 g/mol. The molecule has 0 bridgehead atoms. The molecule has 0 radical (unpaired) electrons. The summed E-state index contributed by atoms with van der Waals surface area (Å²) in [6, 6.07) is 14.1. The number of hydrogen-bond donors (Lipinski definition) is 1. The van der Waals surface area contributed by atoms with Gasteiger partial charge in [-0.15, -0.1) is 0 Å². The molecule has 164 valence electrons. The fourth-order valence-corrected chi connectivity index (χ4v) is 5.68. The maximum Gasteiger partial charge on any atom is 0.251 e. The minimum absolute atomic E-state index is 0.0220. The van der Waals surface area contributed by atoms with Gasteiger partial charge in [-0.25, -0.2) is 13.4 Å². The van der Waals surface area contributed by atoms with Crippen LogP contribution < -0.4 is 5.32 Å². The van der Waals surface area contributed by atoms with Gasteiger partial charge in [-0.05, 0) is 43.2 Å². The number of imidazole rings is 1. The monoisotopic (exact) mass is 440 g/mol. The highest BCUT2D eigenvalue weighted by atomic mass is 32.2. The smallest absolute Gasteiger partial charge is 0.251 e. The lowest BCUT2D eigenvalue weighted by molar-refractivity contribution is 0.0949. The van der Waals surface area contributed by atoms with Gasteiger partial charge in [0.25, 0.3) is 5.91 Å². The predicted molar refractivity (Wildman–Crippen MR) is 120 cm³/mol. The third-order valence-electron chi connectivity index (χ3n) is 6.15. The van der Waals surface area contributed by atoms with E-state index < -0.39 is 10.0 Å². The van der Waals surface area contributed by atoms with Gasteiger partial charge in [0.15, 0.2) is 0 Å². The van der Waals surface area contributed by atoms with Crippen LogP contribution in [-0.4, -0.2) is 41.3 Å². The van der Waals surface area contributed by atoms with Crippen molar-refractivity contribution in [1.29, 1.82) is 0 Å². The first-order chi connectivity index (χ1) is 14.9. The van der Waals surface area contributed by atoms with Gasteiger partial charge in [-0.2, -0.15) is 4.31 Å². The quantitative estimate of drug-likeness (QED) is 0.636. The zero-order valence-corrected chi connectivity index (χ0v) is 18.7. The lowest BCUT2D eigenvalue weighted by Gasteiger charge is -2.30. The van der Waals surface area contributed by atoms with Crippen LogP contribution >= 0.6 is 0 Å². The van der Waals surface area contributed by atoms with Gasteiger partial charge in [-0.1, -0.05) is 37.5 Å². The molecule has 1 aliphatic rings. The largest absolute Gasteiger partial charge is 0.345 e. The lowest BCUT2D eigenvalue weighted by Crippen LogP contribution is -2.38. The lowest BCUT2D eigenvalue weighted by atomic mass is 9.96. The fourth-order valence-electron chi connectivity index (χ4n) is 4.22. The first-order valence-electron chi connectivity index (χ1n) is 10.6. The molecule has 0 aliphatic heterocycles. The van der Waals surface area contributed by atoms with Crippen LogP contribution in [0.15, 0.2) is 53.4 Å². The minimum atomic E-state index is -3.65. The summed E-state index contributed by atoms with van der Waals surface area (Å²) in [6.07, 6.45) is 5.03. The van der Waals surface area contributed by atoms with Crippen molar-refractivity contribution in [2.24, 2.45) is 7.05 Å². The number of aromatic nitrogens is 2. The van der Waals surface area contributed by atoms with Gasteiger partial charge in [0.1, 0.15) is 5.82 Å². The number of amides is 1. The highest BCUT2D eigenvalue weighted by molar-refractivity contribution is 7.89. The molecule has 1 saturated carbocycles. The van der Waals surface area contributed by atoms with Crippen molar-refractivity contribution < 1.29 is 13.2 Å². The number of para-hydroxylation sites is 2. The Morgan fingerprint density at radius 1 is 1.13 bits per heavy atom. The molecule has 3 aromatic rings. The van der Waals surface area contributed by atoms with Crippen LogP contribution in [0.25, 0.3) is 11.0 Å². The van der Waals surface area contributed by atoms with Gasteiger partial charge in [-0.3, -0.25) is 4.79 Å². The number of nitrogens with zero attached hydrogens (tertiary/aromatic N) is 3. The van der Waals surface area contributed by atoms with Gasteiger partial charge in [0.2, 0.25) is 10.0 Å². The highest BCUT2D eigenvalue weighted by Crippen LogP contribution is 2.26. The molecule has 1 aliphatic carbocycles. The maximum absolute atomic E-state index is 13.1. The van der Waals surface area contributed by atoms with Crippen molar-refractivity contribution in [3.8, 4) is 0 Å². The Morgan fingerprint density at radius 3 is 2.61 bits per heavy atom. The second-order valence-electron chi connectivity index (χ2n) is 8.10. The summed E-state index contributed by atoms with van der Waals surface area (Å²) in [5.74, 6) is 0.403. The summed E-state index contributed by atoms with van der Waals surface area (Å²) in [6.45, 7) is 0.253. The number of hydrogen-bond acceptors (Lipinski definition) is 4. The van der Waals surface area contributed by atoms with E-state index in [1.165, 1.54) is 10.4 Å². The van der Waals surface area contributed by atoms with Crippen LogP contribution in [0.4, 0.5) is 0 Å². The first-order valence-corrected chi connectivity index (χ1v) is 12.1. The van der Waals surface area contributed by atoms with Crippen molar-refractivity contribution in [3.63, 3.8) is 0 Å². The summed E-state index contributed by atoms with van der Waals surface area (Å²) < 4.78 is 29.6. The Bertz CT molecular complexity index is 1200. The van der Waals surface area contributed by atoms with Crippen molar-refractivity contribution in [2.75, 3.05) is 7.05 Å². The Balaban J connectivity index is 1.49. The summed E-state index contributed by atoms with van der Waals surface area (Å²) in [7, 11) is -0.0984. The molecule has 2 aromatic carbocycles. The zero-order chi connectivity index (χ0) is 22.0. The number of benzene rings is 2. The molecule has 4 rings (SSSR count). The van der Waals surface area contributed by atoms with Crippen molar-refractivity contribution in [2.45, 2.75) is 49.6 Å². The minimum Gasteiger partial charge on any atom is -0.345 e. The molecule has 8 heteroatoms. The molecule has 0 spiro atoms. The zero-order valence-electron chi connectivity index (χ0n) is 17.9. The van der Waals surface area contributed by atoms with Crippen LogP contribution in [0, 0.1) is 0 Å². The van der Waals surface area contributed by atoms with E-state index in [0.717, 1.165) is 49.0 Å². The number of rotatable bonds is 6. The van der Waals surface area contributed by atoms with E-state index in [1.54, 1.807) is 25.2 Å². The third-order valence-corrected chi connectivity index (χ3v) is 8.06. The van der Waals surface area contributed by atoms with E-state index in [9.17, 15) is 13.2 Å². The topological polar surface area (TPSA) is 84.3 Å². The molecule has 0 unspecified atom stereocenters. The number of carbonyl (C=O) groups excluding carboxylic acids is 1. The van der Waals surface area contributed by atoms with E-state index in [0.29, 0.717) is 5.56 Å². The summed E-state index contributed by atoms with van der Waals surface area (Å²) in [4.78, 5) is 17.4.